The third kappa shape index (κ3) is 3.63. The number of carbonyl (C=O) groups excluding carboxylic acids is 1. The van der Waals surface area contributed by atoms with E-state index in [9.17, 15) is 14.7 Å². The van der Waals surface area contributed by atoms with Crippen LogP contribution in [0.15, 0.2) is 16.8 Å². The van der Waals surface area contributed by atoms with Gasteiger partial charge in [0, 0.05) is 5.41 Å². The van der Waals surface area contributed by atoms with Crippen molar-refractivity contribution in [3.63, 3.8) is 0 Å². The Balaban J connectivity index is 1.44. The van der Waals surface area contributed by atoms with E-state index in [2.05, 4.69) is 36.3 Å². The number of allylic oxidation sites excluding steroid dienone is 2. The van der Waals surface area contributed by atoms with Crippen molar-refractivity contribution in [2.45, 2.75) is 70.8 Å². The number of nitrogens with one attached hydrogen (secondary N) is 1. The van der Waals surface area contributed by atoms with E-state index in [1.807, 2.05) is 0 Å². The van der Waals surface area contributed by atoms with Gasteiger partial charge in [0.2, 0.25) is 0 Å². The molecule has 32 heavy (non-hydrogen) atoms. The van der Waals surface area contributed by atoms with E-state index >= 15 is 0 Å². The number of rotatable bonds is 5. The minimum atomic E-state index is -1.10. The molecule has 4 aliphatic rings. The lowest BCUT2D eigenvalue weighted by atomic mass is 9.46. The van der Waals surface area contributed by atoms with Crippen molar-refractivity contribution in [3.05, 3.63) is 11.6 Å². The van der Waals surface area contributed by atoms with Crippen LogP contribution in [0.25, 0.3) is 0 Å². The topological polar surface area (TPSA) is 108 Å². The lowest BCUT2D eigenvalue weighted by molar-refractivity contribution is -0.138. The molecule has 6 atom stereocenters. The molecule has 3 saturated carbocycles. The van der Waals surface area contributed by atoms with Gasteiger partial charge in [0.25, 0.3) is 5.91 Å². The van der Waals surface area contributed by atoms with Gasteiger partial charge in [-0.2, -0.15) is 0 Å². The first-order valence-electron chi connectivity index (χ1n) is 11.7. The second kappa shape index (κ2) is 8.22. The maximum absolute atomic E-state index is 11.6. The number of aliphatic carboxylic acids is 1. The molecule has 0 radical (unpaired) electrons. The van der Waals surface area contributed by atoms with Gasteiger partial charge in [-0.1, -0.05) is 30.5 Å². The molecule has 7 nitrogen and oxygen atoms in total. The van der Waals surface area contributed by atoms with Crippen molar-refractivity contribution in [2.24, 2.45) is 33.7 Å². The summed E-state index contributed by atoms with van der Waals surface area (Å²) in [7, 11) is 0. The zero-order valence-electron chi connectivity index (χ0n) is 19.0. The van der Waals surface area contributed by atoms with Crippen LogP contribution < -0.4 is 5.32 Å². The van der Waals surface area contributed by atoms with Crippen LogP contribution in [0.5, 0.6) is 0 Å². The van der Waals surface area contributed by atoms with Crippen LogP contribution in [-0.2, 0) is 14.4 Å². The summed E-state index contributed by atoms with van der Waals surface area (Å²) in [5.41, 5.74) is 1.22. The zero-order valence-corrected chi connectivity index (χ0v) is 19.0. The van der Waals surface area contributed by atoms with E-state index in [1.54, 1.807) is 0 Å². The standard InChI is InChI=1S/C25H34N2O5/c1-4-25(31)12-9-20-18-6-5-16-13-17(27-32-15-21(28)26-14-22(29)30)7-10-23(16,2)19(18)8-11-24(20,25)3/h1,13,18-20,31H,5-12,14-15H2,2-3H3,(H,26,28)(H,29,30)/b27-17-/t18-,19+,20+,23+,24+,25-/m1/s1. The van der Waals surface area contributed by atoms with Crippen LogP contribution in [-0.4, -0.2) is 46.6 Å². The Kier molecular flexibility index (Phi) is 5.87. The molecule has 0 aromatic carbocycles. The molecule has 3 N–H and O–H groups in total. The first-order chi connectivity index (χ1) is 15.1. The van der Waals surface area contributed by atoms with E-state index in [1.165, 1.54) is 5.57 Å². The number of fused-ring (bicyclic) bond motifs is 5. The van der Waals surface area contributed by atoms with Gasteiger partial charge < -0.3 is 20.4 Å². The Hall–Kier alpha value is -2.33. The van der Waals surface area contributed by atoms with Gasteiger partial charge in [0.05, 0.1) is 5.71 Å². The molecule has 0 aromatic rings. The Morgan fingerprint density at radius 1 is 1.22 bits per heavy atom. The summed E-state index contributed by atoms with van der Waals surface area (Å²) in [6, 6.07) is 0. The van der Waals surface area contributed by atoms with Crippen LogP contribution in [0.1, 0.15) is 65.2 Å². The fourth-order valence-corrected chi connectivity index (χ4v) is 7.30. The number of oxime groups is 1. The molecule has 0 bridgehead atoms. The predicted octanol–water partition coefficient (Wildman–Crippen LogP) is 2.89. The molecule has 0 spiro atoms. The normalized spacial score (nSPS) is 41.5. The minimum absolute atomic E-state index is 0.124. The predicted molar refractivity (Wildman–Crippen MR) is 120 cm³/mol. The average Bonchev–Trinajstić information content (AvgIpc) is 3.04. The summed E-state index contributed by atoms with van der Waals surface area (Å²) in [5, 5.41) is 26.1. The number of hydrogen-bond acceptors (Lipinski definition) is 5. The third-order valence-electron chi connectivity index (χ3n) is 9.18. The molecular weight excluding hydrogens is 408 g/mol. The first kappa shape index (κ1) is 22.8. The summed E-state index contributed by atoms with van der Waals surface area (Å²) >= 11 is 0. The number of carboxylic acids is 1. The fourth-order valence-electron chi connectivity index (χ4n) is 7.30. The molecule has 3 fully saturated rings. The van der Waals surface area contributed by atoms with Crippen LogP contribution in [0.3, 0.4) is 0 Å². The number of nitrogens with zero attached hydrogens (tertiary/aromatic N) is 1. The van der Waals surface area contributed by atoms with Crippen LogP contribution in [0, 0.1) is 40.9 Å². The Labute approximate surface area is 189 Å². The van der Waals surface area contributed by atoms with Crippen molar-refractivity contribution in [3.8, 4) is 12.3 Å². The molecule has 7 heteroatoms. The molecule has 4 aliphatic carbocycles. The number of aliphatic hydroxyl groups is 1. The summed E-state index contributed by atoms with van der Waals surface area (Å²) in [6.07, 6.45) is 15.6. The molecule has 1 amide bonds. The molecule has 0 saturated heterocycles. The van der Waals surface area contributed by atoms with Gasteiger partial charge in [0.1, 0.15) is 12.1 Å². The smallest absolute Gasteiger partial charge is 0.322 e. The average molecular weight is 443 g/mol. The SMILES string of the molecule is C#C[C@@]1(O)CC[C@H]2[C@@H]3CCC4=C/C(=N\OCC(=O)NCC(=O)O)CC[C@]4(C)[C@H]3CC[C@@]21C. The van der Waals surface area contributed by atoms with E-state index in [4.69, 9.17) is 16.4 Å². The molecule has 174 valence electrons. The van der Waals surface area contributed by atoms with Crippen molar-refractivity contribution >= 4 is 17.6 Å². The Morgan fingerprint density at radius 2 is 1.97 bits per heavy atom. The summed E-state index contributed by atoms with van der Waals surface area (Å²) in [6.45, 7) is 3.88. The third-order valence-corrected chi connectivity index (χ3v) is 9.18. The number of carbonyl (C=O) groups is 2. The summed E-state index contributed by atoms with van der Waals surface area (Å²) in [5.74, 6) is 2.80. The number of hydrogen-bond donors (Lipinski definition) is 3. The van der Waals surface area contributed by atoms with Gasteiger partial charge in [0.15, 0.2) is 6.61 Å². The maximum atomic E-state index is 11.6. The highest BCUT2D eigenvalue weighted by Gasteiger charge is 2.63. The molecule has 0 heterocycles. The van der Waals surface area contributed by atoms with E-state index < -0.39 is 24.0 Å². The molecular formula is C25H34N2O5. The van der Waals surface area contributed by atoms with Gasteiger partial charge in [-0.25, -0.2) is 0 Å². The van der Waals surface area contributed by atoms with Gasteiger partial charge >= 0.3 is 5.97 Å². The molecule has 4 rings (SSSR count). The van der Waals surface area contributed by atoms with Crippen molar-refractivity contribution in [1.82, 2.24) is 5.32 Å². The quantitative estimate of drug-likeness (QED) is 0.448. The fraction of sp³-hybridized carbons (Fsp3) is 0.720. The molecule has 0 unspecified atom stereocenters. The first-order valence-corrected chi connectivity index (χ1v) is 11.7. The second-order valence-electron chi connectivity index (χ2n) is 10.5. The minimum Gasteiger partial charge on any atom is -0.480 e. The van der Waals surface area contributed by atoms with Crippen LogP contribution in [0.2, 0.25) is 0 Å². The van der Waals surface area contributed by atoms with Crippen molar-refractivity contribution < 1.29 is 24.6 Å². The highest BCUT2D eigenvalue weighted by atomic mass is 16.6. The molecule has 0 aromatic heterocycles. The van der Waals surface area contributed by atoms with E-state index in [0.717, 1.165) is 50.7 Å². The number of amides is 1. The van der Waals surface area contributed by atoms with Crippen LogP contribution in [0.4, 0.5) is 0 Å². The summed E-state index contributed by atoms with van der Waals surface area (Å²) in [4.78, 5) is 27.3. The highest BCUT2D eigenvalue weighted by molar-refractivity contribution is 5.96. The van der Waals surface area contributed by atoms with Crippen molar-refractivity contribution in [1.29, 1.82) is 0 Å². The van der Waals surface area contributed by atoms with Crippen molar-refractivity contribution in [2.75, 3.05) is 13.2 Å². The van der Waals surface area contributed by atoms with Gasteiger partial charge in [-0.3, -0.25) is 9.59 Å². The van der Waals surface area contributed by atoms with Crippen LogP contribution >= 0.6 is 0 Å². The lowest BCUT2D eigenvalue weighted by Crippen LogP contribution is -2.54. The summed E-state index contributed by atoms with van der Waals surface area (Å²) < 4.78 is 0. The van der Waals surface area contributed by atoms with Gasteiger partial charge in [-0.15, -0.1) is 6.42 Å². The Morgan fingerprint density at radius 3 is 2.69 bits per heavy atom. The largest absolute Gasteiger partial charge is 0.480 e. The van der Waals surface area contributed by atoms with E-state index in [-0.39, 0.29) is 17.4 Å². The maximum Gasteiger partial charge on any atom is 0.322 e. The second-order valence-corrected chi connectivity index (χ2v) is 10.5. The zero-order chi connectivity index (χ0) is 23.1. The van der Waals surface area contributed by atoms with E-state index in [0.29, 0.717) is 24.2 Å². The lowest BCUT2D eigenvalue weighted by Gasteiger charge is -2.58. The molecule has 0 aliphatic heterocycles. The monoisotopic (exact) mass is 442 g/mol. The Bertz CT molecular complexity index is 904. The number of terminal acetylenes is 1. The highest BCUT2D eigenvalue weighted by Crippen LogP contribution is 2.67. The number of carboxylic acid groups (broad SMARTS) is 1. The van der Waals surface area contributed by atoms with Gasteiger partial charge in [-0.05, 0) is 80.6 Å².